The lowest BCUT2D eigenvalue weighted by Crippen LogP contribution is -3.00. The van der Waals surface area contributed by atoms with E-state index in [2.05, 4.69) is 12.2 Å². The fraction of sp³-hybridized carbons (Fsp3) is 1.00. The minimum atomic E-state index is 0. The van der Waals surface area contributed by atoms with Crippen molar-refractivity contribution in [2.24, 2.45) is 0 Å². The van der Waals surface area contributed by atoms with E-state index in [0.29, 0.717) is 6.61 Å². The summed E-state index contributed by atoms with van der Waals surface area (Å²) in [5, 5.41) is 11.0. The molecule has 22 heavy (non-hydrogen) atoms. The van der Waals surface area contributed by atoms with Crippen LogP contribution in [0.25, 0.3) is 0 Å². The number of aliphatic hydroxyl groups excluding tert-OH is 1. The van der Waals surface area contributed by atoms with E-state index in [1.165, 1.54) is 96.4 Å². The Bertz CT molecular complexity index is 161. The number of unbranched alkanes of at least 4 members (excludes halogenated alkanes) is 13. The Kier molecular flexibility index (Phi) is 26.1. The molecule has 3 heteroatoms. The van der Waals surface area contributed by atoms with E-state index in [1.54, 1.807) is 0 Å². The summed E-state index contributed by atoms with van der Waals surface area (Å²) >= 11 is 0. The normalized spacial score (nSPS) is 10.6. The largest absolute Gasteiger partial charge is 1.00 e. The molecule has 0 aromatic heterocycles. The summed E-state index contributed by atoms with van der Waals surface area (Å²) in [6.07, 6.45) is 21.0. The topological polar surface area (TPSA) is 36.8 Å². The number of aliphatic hydroxyl groups is 1. The molecule has 0 aliphatic heterocycles. The molecule has 0 aliphatic rings. The van der Waals surface area contributed by atoms with Crippen LogP contribution < -0.4 is 17.7 Å². The van der Waals surface area contributed by atoms with E-state index in [9.17, 15) is 0 Å². The third kappa shape index (κ3) is 22.5. The van der Waals surface area contributed by atoms with Gasteiger partial charge in [0.2, 0.25) is 0 Å². The van der Waals surface area contributed by atoms with E-state index >= 15 is 0 Å². The zero-order valence-corrected chi connectivity index (χ0v) is 15.9. The maximum atomic E-state index is 8.67. The van der Waals surface area contributed by atoms with Crippen molar-refractivity contribution in [3.63, 3.8) is 0 Å². The van der Waals surface area contributed by atoms with E-state index in [0.717, 1.165) is 13.0 Å². The summed E-state index contributed by atoms with van der Waals surface area (Å²) in [4.78, 5) is 0. The molecule has 0 fully saturated rings. The van der Waals surface area contributed by atoms with Gasteiger partial charge in [-0.1, -0.05) is 84.0 Å². The van der Waals surface area contributed by atoms with Crippen LogP contribution in [-0.4, -0.2) is 24.8 Å². The molecule has 0 rings (SSSR count). The first-order valence-corrected chi connectivity index (χ1v) is 9.84. The van der Waals surface area contributed by atoms with Crippen molar-refractivity contribution in [3.05, 3.63) is 0 Å². The fourth-order valence-electron chi connectivity index (χ4n) is 2.86. The third-order valence-electron chi connectivity index (χ3n) is 4.33. The van der Waals surface area contributed by atoms with Gasteiger partial charge in [0.1, 0.15) is 0 Å². The zero-order valence-electron chi connectivity index (χ0n) is 15.1. The molecule has 0 saturated heterocycles. The first-order valence-electron chi connectivity index (χ1n) is 9.84. The van der Waals surface area contributed by atoms with Gasteiger partial charge in [0.15, 0.2) is 0 Å². The lowest BCUT2D eigenvalue weighted by atomic mass is 10.0. The van der Waals surface area contributed by atoms with Crippen LogP contribution in [0, 0.1) is 0 Å². The molecular formula is C19H42ClNO. The molecule has 0 aliphatic carbocycles. The third-order valence-corrected chi connectivity index (χ3v) is 4.33. The van der Waals surface area contributed by atoms with Crippen LogP contribution in [0.2, 0.25) is 0 Å². The lowest BCUT2D eigenvalue weighted by Gasteiger charge is -2.03. The smallest absolute Gasteiger partial charge is 0.0777 e. The Balaban J connectivity index is 0. The standard InChI is InChI=1S/C19H41NO.ClH/c1-2-3-4-5-6-7-8-9-10-11-12-13-14-15-17-20-18-16-19-21;/h20-21H,2-19H2,1H3;1H. The number of quaternary nitrogens is 1. The highest BCUT2D eigenvalue weighted by molar-refractivity contribution is 4.49. The quantitative estimate of drug-likeness (QED) is 0.365. The van der Waals surface area contributed by atoms with Crippen LogP contribution in [0.15, 0.2) is 0 Å². The Hall–Kier alpha value is 0.210. The lowest BCUT2D eigenvalue weighted by molar-refractivity contribution is -0.655. The van der Waals surface area contributed by atoms with Gasteiger partial charge < -0.3 is 22.8 Å². The van der Waals surface area contributed by atoms with E-state index in [4.69, 9.17) is 5.11 Å². The minimum Gasteiger partial charge on any atom is -1.00 e. The van der Waals surface area contributed by atoms with Crippen molar-refractivity contribution in [1.29, 1.82) is 0 Å². The second-order valence-electron chi connectivity index (χ2n) is 6.54. The molecule has 0 atom stereocenters. The van der Waals surface area contributed by atoms with Crippen LogP contribution in [0.5, 0.6) is 0 Å². The van der Waals surface area contributed by atoms with E-state index < -0.39 is 0 Å². The average Bonchev–Trinajstić information content (AvgIpc) is 2.50. The molecule has 2 nitrogen and oxygen atoms in total. The Morgan fingerprint density at radius 3 is 1.32 bits per heavy atom. The monoisotopic (exact) mass is 335 g/mol. The second kappa shape index (κ2) is 23.5. The van der Waals surface area contributed by atoms with Crippen molar-refractivity contribution in [2.75, 3.05) is 19.7 Å². The van der Waals surface area contributed by atoms with Gasteiger partial charge in [-0.15, -0.1) is 0 Å². The Morgan fingerprint density at radius 2 is 0.909 bits per heavy atom. The molecule has 0 unspecified atom stereocenters. The molecule has 0 aromatic carbocycles. The molecular weight excluding hydrogens is 294 g/mol. The molecule has 0 heterocycles. The summed E-state index contributed by atoms with van der Waals surface area (Å²) in [5.74, 6) is 0. The predicted molar refractivity (Wildman–Crippen MR) is 93.7 cm³/mol. The molecule has 0 radical (unpaired) electrons. The summed E-state index contributed by atoms with van der Waals surface area (Å²) in [5.41, 5.74) is 0. The summed E-state index contributed by atoms with van der Waals surface area (Å²) in [7, 11) is 0. The van der Waals surface area contributed by atoms with Gasteiger partial charge in [-0.3, -0.25) is 0 Å². The van der Waals surface area contributed by atoms with Gasteiger partial charge in [0.05, 0.1) is 13.1 Å². The van der Waals surface area contributed by atoms with Crippen LogP contribution in [0.3, 0.4) is 0 Å². The number of hydrogen-bond acceptors (Lipinski definition) is 1. The average molecular weight is 336 g/mol. The molecule has 0 aromatic rings. The van der Waals surface area contributed by atoms with Crippen molar-refractivity contribution in [3.8, 4) is 0 Å². The highest BCUT2D eigenvalue weighted by Crippen LogP contribution is 2.12. The fourth-order valence-corrected chi connectivity index (χ4v) is 2.86. The summed E-state index contributed by atoms with van der Waals surface area (Å²) in [6.45, 7) is 4.97. The molecule has 0 bridgehead atoms. The van der Waals surface area contributed by atoms with Gasteiger partial charge >= 0.3 is 0 Å². The van der Waals surface area contributed by atoms with Crippen LogP contribution in [0.1, 0.15) is 103 Å². The van der Waals surface area contributed by atoms with E-state index in [-0.39, 0.29) is 12.4 Å². The van der Waals surface area contributed by atoms with Crippen molar-refractivity contribution < 1.29 is 22.8 Å². The molecule has 0 amide bonds. The molecule has 0 saturated carbocycles. The van der Waals surface area contributed by atoms with Gasteiger partial charge in [-0.25, -0.2) is 0 Å². The van der Waals surface area contributed by atoms with Crippen LogP contribution >= 0.6 is 0 Å². The minimum absolute atomic E-state index is 0. The summed E-state index contributed by atoms with van der Waals surface area (Å²) in [6, 6.07) is 0. The Morgan fingerprint density at radius 1 is 0.545 bits per heavy atom. The second-order valence-corrected chi connectivity index (χ2v) is 6.54. The number of rotatable bonds is 18. The first kappa shape index (κ1) is 24.5. The first-order chi connectivity index (χ1) is 10.4. The number of nitrogens with two attached hydrogens (primary N) is 1. The van der Waals surface area contributed by atoms with Crippen LogP contribution in [-0.2, 0) is 0 Å². The zero-order chi connectivity index (χ0) is 15.4. The highest BCUT2D eigenvalue weighted by atomic mass is 35.5. The van der Waals surface area contributed by atoms with Gasteiger partial charge in [-0.2, -0.15) is 0 Å². The SMILES string of the molecule is CCCCCCCCCCCCCCCC[NH2+]CCCO.[Cl-]. The molecule has 0 spiro atoms. The van der Waals surface area contributed by atoms with Gasteiger partial charge in [0.25, 0.3) is 0 Å². The predicted octanol–water partition coefficient (Wildman–Crippen LogP) is 1.42. The van der Waals surface area contributed by atoms with Gasteiger partial charge in [0, 0.05) is 13.0 Å². The highest BCUT2D eigenvalue weighted by Gasteiger charge is 1.95. The van der Waals surface area contributed by atoms with Crippen molar-refractivity contribution in [2.45, 2.75) is 103 Å². The van der Waals surface area contributed by atoms with E-state index in [1.807, 2.05) is 0 Å². The maximum Gasteiger partial charge on any atom is 0.0777 e. The maximum absolute atomic E-state index is 8.67. The number of hydrogen-bond donors (Lipinski definition) is 2. The summed E-state index contributed by atoms with van der Waals surface area (Å²) < 4.78 is 0. The van der Waals surface area contributed by atoms with Crippen molar-refractivity contribution in [1.82, 2.24) is 0 Å². The van der Waals surface area contributed by atoms with Gasteiger partial charge in [-0.05, 0) is 12.8 Å². The molecule has 3 N–H and O–H groups in total. The Labute approximate surface area is 146 Å². The van der Waals surface area contributed by atoms with Crippen molar-refractivity contribution >= 4 is 0 Å². The van der Waals surface area contributed by atoms with Crippen LogP contribution in [0.4, 0.5) is 0 Å². The number of halogens is 1. The molecule has 136 valence electrons.